The largest absolute Gasteiger partial charge is 0.359 e. The van der Waals surface area contributed by atoms with Gasteiger partial charge in [-0.1, -0.05) is 0 Å². The molecule has 0 spiro atoms. The maximum absolute atomic E-state index is 11.7. The highest BCUT2D eigenvalue weighted by atomic mass is 16.2. The van der Waals surface area contributed by atoms with Crippen LogP contribution in [0.1, 0.15) is 25.3 Å². The Balaban J connectivity index is 1.90. The molecule has 2 N–H and O–H groups in total. The summed E-state index contributed by atoms with van der Waals surface area (Å²) in [6.07, 6.45) is 3.96. The lowest BCUT2D eigenvalue weighted by Crippen LogP contribution is -2.38. The van der Waals surface area contributed by atoms with Crippen molar-refractivity contribution in [3.8, 4) is 0 Å². The molecule has 1 aromatic rings. The Bertz CT molecular complexity index is 388. The van der Waals surface area contributed by atoms with Gasteiger partial charge in [0.25, 0.3) is 0 Å². The molecule has 1 aromatic heterocycles. The first-order valence-corrected chi connectivity index (χ1v) is 5.65. The van der Waals surface area contributed by atoms with E-state index in [0.29, 0.717) is 6.04 Å². The van der Waals surface area contributed by atoms with Gasteiger partial charge in [-0.3, -0.25) is 4.79 Å². The number of nitrogens with one attached hydrogen (secondary N) is 2. The third-order valence-corrected chi connectivity index (χ3v) is 2.60. The van der Waals surface area contributed by atoms with Gasteiger partial charge in [0.05, 0.1) is 0 Å². The van der Waals surface area contributed by atoms with E-state index in [9.17, 15) is 4.79 Å². The minimum absolute atomic E-state index is 0.0470. The first kappa shape index (κ1) is 10.9. The normalized spacial score (nSPS) is 16.6. The lowest BCUT2D eigenvalue weighted by atomic mass is 10.2. The van der Waals surface area contributed by atoms with Crippen molar-refractivity contribution in [3.63, 3.8) is 0 Å². The monoisotopic (exact) mass is 219 g/mol. The fourth-order valence-electron chi connectivity index (χ4n) is 1.46. The van der Waals surface area contributed by atoms with Crippen LogP contribution in [0.2, 0.25) is 0 Å². The number of carbonyl (C=O) groups is 1. The third-order valence-electron chi connectivity index (χ3n) is 2.60. The van der Waals surface area contributed by atoms with Crippen LogP contribution in [-0.2, 0) is 4.79 Å². The van der Waals surface area contributed by atoms with Gasteiger partial charge < -0.3 is 10.6 Å². The van der Waals surface area contributed by atoms with Crippen molar-refractivity contribution in [1.29, 1.82) is 0 Å². The van der Waals surface area contributed by atoms with Gasteiger partial charge in [-0.2, -0.15) is 0 Å². The van der Waals surface area contributed by atoms with Gasteiger partial charge in [0, 0.05) is 12.2 Å². The van der Waals surface area contributed by atoms with Gasteiger partial charge in [0.15, 0.2) is 0 Å². The van der Waals surface area contributed by atoms with Gasteiger partial charge in [-0.05, 0) is 44.4 Å². The Morgan fingerprint density at radius 2 is 2.31 bits per heavy atom. The molecule has 1 unspecified atom stereocenters. The van der Waals surface area contributed by atoms with E-state index in [1.54, 1.807) is 6.20 Å². The lowest BCUT2D eigenvalue weighted by molar-refractivity contribution is -0.121. The van der Waals surface area contributed by atoms with E-state index in [1.807, 2.05) is 26.0 Å². The molecule has 86 valence electrons. The second kappa shape index (κ2) is 4.51. The second-order valence-corrected chi connectivity index (χ2v) is 4.37. The fraction of sp³-hybridized carbons (Fsp3) is 0.500. The summed E-state index contributed by atoms with van der Waals surface area (Å²) in [4.78, 5) is 15.8. The van der Waals surface area contributed by atoms with Crippen molar-refractivity contribution in [2.24, 2.45) is 0 Å². The molecule has 1 aliphatic rings. The molecule has 1 atom stereocenters. The van der Waals surface area contributed by atoms with Crippen LogP contribution < -0.4 is 10.6 Å². The molecule has 2 rings (SSSR count). The summed E-state index contributed by atoms with van der Waals surface area (Å²) >= 11 is 0. The average molecular weight is 219 g/mol. The van der Waals surface area contributed by atoms with Crippen LogP contribution in [0.5, 0.6) is 0 Å². The first-order valence-electron chi connectivity index (χ1n) is 5.65. The van der Waals surface area contributed by atoms with Gasteiger partial charge >= 0.3 is 0 Å². The number of hydrogen-bond donors (Lipinski definition) is 2. The van der Waals surface area contributed by atoms with Crippen LogP contribution in [0, 0.1) is 6.92 Å². The molecule has 0 aromatic carbocycles. The van der Waals surface area contributed by atoms with Crippen molar-refractivity contribution in [1.82, 2.24) is 10.3 Å². The van der Waals surface area contributed by atoms with Crippen LogP contribution in [-0.4, -0.2) is 23.0 Å². The zero-order valence-corrected chi connectivity index (χ0v) is 9.66. The predicted octanol–water partition coefficient (Wildman–Crippen LogP) is 1.47. The summed E-state index contributed by atoms with van der Waals surface area (Å²) < 4.78 is 0. The number of aryl methyl sites for hydroxylation is 1. The zero-order chi connectivity index (χ0) is 11.5. The molecule has 1 aliphatic carbocycles. The van der Waals surface area contributed by atoms with Crippen molar-refractivity contribution < 1.29 is 4.79 Å². The Morgan fingerprint density at radius 1 is 1.56 bits per heavy atom. The minimum Gasteiger partial charge on any atom is -0.359 e. The van der Waals surface area contributed by atoms with E-state index < -0.39 is 0 Å². The Hall–Kier alpha value is -1.58. The summed E-state index contributed by atoms with van der Waals surface area (Å²) in [6, 6.07) is 4.03. The SMILES string of the molecule is Cc1ccnc(NC(C)C(=O)NC2CC2)c1. The molecule has 4 nitrogen and oxygen atoms in total. The Kier molecular flexibility index (Phi) is 3.08. The molecule has 0 aliphatic heterocycles. The Morgan fingerprint density at radius 3 is 2.94 bits per heavy atom. The highest BCUT2D eigenvalue weighted by Crippen LogP contribution is 2.18. The van der Waals surface area contributed by atoms with E-state index in [-0.39, 0.29) is 11.9 Å². The molecule has 1 saturated carbocycles. The molecule has 0 radical (unpaired) electrons. The second-order valence-electron chi connectivity index (χ2n) is 4.37. The van der Waals surface area contributed by atoms with Gasteiger partial charge in [-0.25, -0.2) is 4.98 Å². The number of amides is 1. The van der Waals surface area contributed by atoms with Crippen LogP contribution >= 0.6 is 0 Å². The molecular weight excluding hydrogens is 202 g/mol. The summed E-state index contributed by atoms with van der Waals surface area (Å²) in [5.41, 5.74) is 1.13. The van der Waals surface area contributed by atoms with Crippen LogP contribution in [0.15, 0.2) is 18.3 Å². The van der Waals surface area contributed by atoms with E-state index in [4.69, 9.17) is 0 Å². The summed E-state index contributed by atoms with van der Waals surface area (Å²) in [6.45, 7) is 3.85. The van der Waals surface area contributed by atoms with E-state index in [2.05, 4.69) is 15.6 Å². The molecule has 0 bridgehead atoms. The van der Waals surface area contributed by atoms with Gasteiger partial charge in [0.2, 0.25) is 5.91 Å². The topological polar surface area (TPSA) is 54.0 Å². The molecule has 1 amide bonds. The molecular formula is C12H17N3O. The molecule has 0 saturated heterocycles. The Labute approximate surface area is 95.5 Å². The maximum Gasteiger partial charge on any atom is 0.242 e. The number of hydrogen-bond acceptors (Lipinski definition) is 3. The van der Waals surface area contributed by atoms with E-state index in [1.165, 1.54) is 0 Å². The molecule has 16 heavy (non-hydrogen) atoms. The summed E-state index contributed by atoms with van der Waals surface area (Å²) in [7, 11) is 0. The minimum atomic E-state index is -0.241. The number of aromatic nitrogens is 1. The predicted molar refractivity (Wildman–Crippen MR) is 63.2 cm³/mol. The van der Waals surface area contributed by atoms with Crippen molar-refractivity contribution in [2.45, 2.75) is 38.8 Å². The quantitative estimate of drug-likeness (QED) is 0.806. The van der Waals surface area contributed by atoms with Crippen LogP contribution in [0.3, 0.4) is 0 Å². The van der Waals surface area contributed by atoms with E-state index >= 15 is 0 Å². The van der Waals surface area contributed by atoms with Crippen molar-refractivity contribution in [2.75, 3.05) is 5.32 Å². The highest BCUT2D eigenvalue weighted by molar-refractivity contribution is 5.84. The van der Waals surface area contributed by atoms with Crippen molar-refractivity contribution >= 4 is 11.7 Å². The lowest BCUT2D eigenvalue weighted by Gasteiger charge is -2.14. The highest BCUT2D eigenvalue weighted by Gasteiger charge is 2.25. The standard InChI is InChI=1S/C12H17N3O/c1-8-5-6-13-11(7-8)14-9(2)12(16)15-10-3-4-10/h5-7,9-10H,3-4H2,1-2H3,(H,13,14)(H,15,16). The first-order chi connectivity index (χ1) is 7.65. The molecule has 1 fully saturated rings. The van der Waals surface area contributed by atoms with E-state index in [0.717, 1.165) is 24.2 Å². The number of nitrogens with zero attached hydrogens (tertiary/aromatic N) is 1. The average Bonchev–Trinajstić information content (AvgIpc) is 3.01. The fourth-order valence-corrected chi connectivity index (χ4v) is 1.46. The van der Waals surface area contributed by atoms with Gasteiger partial charge in [-0.15, -0.1) is 0 Å². The number of anilines is 1. The summed E-state index contributed by atoms with van der Waals surface area (Å²) in [5.74, 6) is 0.796. The smallest absolute Gasteiger partial charge is 0.242 e. The van der Waals surface area contributed by atoms with Crippen LogP contribution in [0.4, 0.5) is 5.82 Å². The maximum atomic E-state index is 11.7. The number of carbonyl (C=O) groups excluding carboxylic acids is 1. The zero-order valence-electron chi connectivity index (χ0n) is 9.66. The third kappa shape index (κ3) is 2.95. The molecule has 1 heterocycles. The van der Waals surface area contributed by atoms with Gasteiger partial charge in [0.1, 0.15) is 11.9 Å². The number of rotatable bonds is 4. The number of pyridine rings is 1. The summed E-state index contributed by atoms with van der Waals surface area (Å²) in [5, 5.41) is 6.05. The molecule has 4 heteroatoms. The van der Waals surface area contributed by atoms with Crippen LogP contribution in [0.25, 0.3) is 0 Å². The van der Waals surface area contributed by atoms with Crippen molar-refractivity contribution in [3.05, 3.63) is 23.9 Å².